The summed E-state index contributed by atoms with van der Waals surface area (Å²) < 4.78 is 0. The summed E-state index contributed by atoms with van der Waals surface area (Å²) >= 11 is 0. The molecule has 0 aliphatic rings. The van der Waals surface area contributed by atoms with Gasteiger partial charge in [-0.2, -0.15) is 0 Å². The molecule has 4 N–H and O–H groups in total. The van der Waals surface area contributed by atoms with Crippen LogP contribution in [0.1, 0.15) is 27.2 Å². The monoisotopic (exact) mass is 174 g/mol. The number of aliphatic hydroxyl groups is 1. The van der Waals surface area contributed by atoms with Crippen LogP contribution in [0.2, 0.25) is 0 Å². The van der Waals surface area contributed by atoms with Crippen LogP contribution >= 0.6 is 0 Å². The number of rotatable bonds is 4. The molecule has 0 aromatic heterocycles. The van der Waals surface area contributed by atoms with Crippen molar-refractivity contribution in [2.24, 2.45) is 5.73 Å². The molecule has 0 radical (unpaired) electrons. The van der Waals surface area contributed by atoms with Gasteiger partial charge in [-0.25, -0.2) is 0 Å². The van der Waals surface area contributed by atoms with Crippen molar-refractivity contribution in [2.45, 2.75) is 38.8 Å². The number of carbonyl (C=O) groups is 1. The highest BCUT2D eigenvalue weighted by Crippen LogP contribution is 2.02. The van der Waals surface area contributed by atoms with Gasteiger partial charge in [-0.15, -0.1) is 0 Å². The van der Waals surface area contributed by atoms with Crippen LogP contribution in [-0.4, -0.2) is 29.2 Å². The lowest BCUT2D eigenvalue weighted by molar-refractivity contribution is -0.122. The summed E-state index contributed by atoms with van der Waals surface area (Å²) in [6.45, 7) is 5.48. The maximum Gasteiger partial charge on any atom is 0.221 e. The summed E-state index contributed by atoms with van der Waals surface area (Å²) in [5.74, 6) is -0.122. The average molecular weight is 174 g/mol. The van der Waals surface area contributed by atoms with Crippen LogP contribution in [0, 0.1) is 0 Å². The number of carbonyl (C=O) groups excluding carboxylic acids is 1. The lowest BCUT2D eigenvalue weighted by Gasteiger charge is -2.17. The van der Waals surface area contributed by atoms with Crippen molar-refractivity contribution in [3.05, 3.63) is 0 Å². The van der Waals surface area contributed by atoms with Crippen LogP contribution in [0.5, 0.6) is 0 Å². The zero-order valence-electron chi connectivity index (χ0n) is 7.92. The SMILES string of the molecule is C[C@H](O)CNC(=O)CC(C)(C)N. The third-order valence-corrected chi connectivity index (χ3v) is 1.21. The molecule has 1 atom stereocenters. The molecule has 0 bridgehead atoms. The predicted molar refractivity (Wildman–Crippen MR) is 47.6 cm³/mol. The zero-order chi connectivity index (χ0) is 9.78. The quantitative estimate of drug-likeness (QED) is 0.543. The van der Waals surface area contributed by atoms with E-state index >= 15 is 0 Å². The van der Waals surface area contributed by atoms with Crippen LogP contribution < -0.4 is 11.1 Å². The largest absolute Gasteiger partial charge is 0.392 e. The predicted octanol–water partition coefficient (Wildman–Crippen LogP) is -0.389. The highest BCUT2D eigenvalue weighted by Gasteiger charge is 2.15. The Morgan fingerprint density at radius 1 is 1.67 bits per heavy atom. The lowest BCUT2D eigenvalue weighted by Crippen LogP contribution is -2.40. The molecular formula is C8H18N2O2. The van der Waals surface area contributed by atoms with E-state index in [0.29, 0.717) is 0 Å². The number of hydrogen-bond donors (Lipinski definition) is 3. The summed E-state index contributed by atoms with van der Waals surface area (Å²) in [7, 11) is 0. The molecule has 4 heteroatoms. The molecule has 0 aliphatic carbocycles. The number of amides is 1. The molecule has 0 unspecified atom stereocenters. The van der Waals surface area contributed by atoms with Crippen molar-refractivity contribution in [3.8, 4) is 0 Å². The van der Waals surface area contributed by atoms with Gasteiger partial charge in [0.2, 0.25) is 5.91 Å². The molecule has 0 aromatic carbocycles. The van der Waals surface area contributed by atoms with Gasteiger partial charge in [-0.3, -0.25) is 4.79 Å². The van der Waals surface area contributed by atoms with E-state index in [4.69, 9.17) is 10.8 Å². The van der Waals surface area contributed by atoms with Gasteiger partial charge >= 0.3 is 0 Å². The standard InChI is InChI=1S/C8H18N2O2/c1-6(11)5-10-7(12)4-8(2,3)9/h6,11H,4-5,9H2,1-3H3,(H,10,12)/t6-/m0/s1. The van der Waals surface area contributed by atoms with E-state index in [2.05, 4.69) is 5.32 Å². The van der Waals surface area contributed by atoms with Crippen molar-refractivity contribution in [1.29, 1.82) is 0 Å². The van der Waals surface area contributed by atoms with Crippen LogP contribution in [-0.2, 0) is 4.79 Å². The topological polar surface area (TPSA) is 75.3 Å². The second kappa shape index (κ2) is 4.42. The van der Waals surface area contributed by atoms with Gasteiger partial charge in [0.1, 0.15) is 0 Å². The van der Waals surface area contributed by atoms with Crippen LogP contribution in [0.3, 0.4) is 0 Å². The third-order valence-electron chi connectivity index (χ3n) is 1.21. The number of nitrogens with one attached hydrogen (secondary N) is 1. The van der Waals surface area contributed by atoms with Gasteiger partial charge in [0.15, 0.2) is 0 Å². The Balaban J connectivity index is 3.61. The first kappa shape index (κ1) is 11.4. The van der Waals surface area contributed by atoms with Gasteiger partial charge in [-0.1, -0.05) is 0 Å². The Hall–Kier alpha value is -0.610. The minimum absolute atomic E-state index is 0.122. The Morgan fingerprint density at radius 2 is 2.17 bits per heavy atom. The first-order chi connectivity index (χ1) is 5.31. The summed E-state index contributed by atoms with van der Waals surface area (Å²) in [6.07, 6.45) is -0.227. The number of aliphatic hydroxyl groups excluding tert-OH is 1. The van der Waals surface area contributed by atoms with Gasteiger partial charge in [0, 0.05) is 18.5 Å². The summed E-state index contributed by atoms with van der Waals surface area (Å²) in [6, 6.07) is 0. The molecule has 0 aliphatic heterocycles. The summed E-state index contributed by atoms with van der Waals surface area (Å²) in [5.41, 5.74) is 5.14. The Morgan fingerprint density at radius 3 is 2.50 bits per heavy atom. The van der Waals surface area contributed by atoms with Crippen molar-refractivity contribution in [3.63, 3.8) is 0 Å². The normalized spacial score (nSPS) is 14.1. The molecule has 12 heavy (non-hydrogen) atoms. The summed E-state index contributed by atoms with van der Waals surface area (Å²) in [5, 5.41) is 11.4. The maximum atomic E-state index is 11.1. The number of nitrogens with two attached hydrogens (primary N) is 1. The summed E-state index contributed by atoms with van der Waals surface area (Å²) in [4.78, 5) is 11.1. The Kier molecular flexibility index (Phi) is 4.20. The molecule has 0 heterocycles. The maximum absolute atomic E-state index is 11.1. The molecule has 4 nitrogen and oxygen atoms in total. The van der Waals surface area contributed by atoms with Crippen molar-refractivity contribution in [1.82, 2.24) is 5.32 Å². The third kappa shape index (κ3) is 7.50. The molecule has 0 rings (SSSR count). The lowest BCUT2D eigenvalue weighted by atomic mass is 10.0. The fourth-order valence-electron chi connectivity index (χ4n) is 0.738. The molecular weight excluding hydrogens is 156 g/mol. The van der Waals surface area contributed by atoms with E-state index in [1.807, 2.05) is 0 Å². The smallest absolute Gasteiger partial charge is 0.221 e. The van der Waals surface area contributed by atoms with E-state index in [0.717, 1.165) is 0 Å². The van der Waals surface area contributed by atoms with Gasteiger partial charge in [0.05, 0.1) is 6.10 Å². The molecule has 0 spiro atoms. The van der Waals surface area contributed by atoms with Crippen LogP contribution in [0.15, 0.2) is 0 Å². The molecule has 0 saturated heterocycles. The van der Waals surface area contributed by atoms with E-state index in [1.54, 1.807) is 20.8 Å². The van der Waals surface area contributed by atoms with Gasteiger partial charge in [-0.05, 0) is 20.8 Å². The molecule has 72 valence electrons. The first-order valence-corrected chi connectivity index (χ1v) is 4.05. The van der Waals surface area contributed by atoms with Crippen molar-refractivity contribution < 1.29 is 9.90 Å². The van der Waals surface area contributed by atoms with E-state index in [1.165, 1.54) is 0 Å². The average Bonchev–Trinajstić information content (AvgIpc) is 1.79. The molecule has 1 amide bonds. The zero-order valence-corrected chi connectivity index (χ0v) is 7.92. The van der Waals surface area contributed by atoms with Crippen molar-refractivity contribution in [2.75, 3.05) is 6.54 Å². The minimum atomic E-state index is -0.505. The second-order valence-electron chi connectivity index (χ2n) is 3.82. The van der Waals surface area contributed by atoms with Crippen LogP contribution in [0.25, 0.3) is 0 Å². The fourth-order valence-corrected chi connectivity index (χ4v) is 0.738. The van der Waals surface area contributed by atoms with Crippen LogP contribution in [0.4, 0.5) is 0 Å². The van der Waals surface area contributed by atoms with Crippen molar-refractivity contribution >= 4 is 5.91 Å². The molecule has 0 aromatic rings. The Bertz CT molecular complexity index is 150. The highest BCUT2D eigenvalue weighted by atomic mass is 16.3. The second-order valence-corrected chi connectivity index (χ2v) is 3.82. The molecule has 0 saturated carbocycles. The molecule has 0 fully saturated rings. The van der Waals surface area contributed by atoms with E-state index in [-0.39, 0.29) is 18.9 Å². The highest BCUT2D eigenvalue weighted by molar-refractivity contribution is 5.77. The first-order valence-electron chi connectivity index (χ1n) is 4.05. The Labute approximate surface area is 73.1 Å². The van der Waals surface area contributed by atoms with Gasteiger partial charge < -0.3 is 16.2 Å². The fraction of sp³-hybridized carbons (Fsp3) is 0.875. The van der Waals surface area contributed by atoms with Gasteiger partial charge in [0.25, 0.3) is 0 Å². The van der Waals surface area contributed by atoms with E-state index in [9.17, 15) is 4.79 Å². The minimum Gasteiger partial charge on any atom is -0.392 e. The number of hydrogen-bond acceptors (Lipinski definition) is 3. The van der Waals surface area contributed by atoms with E-state index < -0.39 is 11.6 Å².